The molecule has 1 aromatic rings. The molecule has 1 saturated carbocycles. The van der Waals surface area contributed by atoms with E-state index in [1.165, 1.54) is 4.90 Å². The van der Waals surface area contributed by atoms with Crippen LogP contribution in [-0.2, 0) is 9.59 Å². The van der Waals surface area contributed by atoms with E-state index in [0.29, 0.717) is 25.4 Å². The van der Waals surface area contributed by atoms with Crippen LogP contribution in [0.15, 0.2) is 47.5 Å². The highest BCUT2D eigenvalue weighted by Gasteiger charge is 2.58. The molecule has 2 aliphatic carbocycles. The Balaban J connectivity index is 0.00000306. The molecule has 1 heterocycles. The quantitative estimate of drug-likeness (QED) is 0.107. The molecule has 8 heteroatoms. The number of nitrogens with zero attached hydrogens (tertiary/aromatic N) is 2. The normalized spacial score (nSPS) is 26.4. The lowest BCUT2D eigenvalue weighted by molar-refractivity contribution is -0.140. The van der Waals surface area contributed by atoms with Crippen LogP contribution in [0.25, 0.3) is 0 Å². The van der Waals surface area contributed by atoms with Crippen molar-refractivity contribution in [3.05, 3.63) is 42.5 Å². The summed E-state index contributed by atoms with van der Waals surface area (Å²) in [4.78, 5) is 31.4. The number of hydrogen-bond donors (Lipinski definition) is 3. The Hall–Kier alpha value is -2.10. The first kappa shape index (κ1) is 25.5. The van der Waals surface area contributed by atoms with Gasteiger partial charge in [0.05, 0.1) is 11.8 Å². The number of allylic oxidation sites excluding steroid dienone is 2. The number of carbonyl (C=O) groups excluding carboxylic acids is 2. The van der Waals surface area contributed by atoms with E-state index >= 15 is 0 Å². The van der Waals surface area contributed by atoms with E-state index in [2.05, 4.69) is 59.1 Å². The summed E-state index contributed by atoms with van der Waals surface area (Å²) in [6.45, 7) is 6.24. The second kappa shape index (κ2) is 11.4. The largest absolute Gasteiger partial charge is 0.380 e. The number of guanidine groups is 1. The summed E-state index contributed by atoms with van der Waals surface area (Å²) in [5.41, 5.74) is 1.10. The first-order valence-electron chi connectivity index (χ1n) is 11.8. The fraction of sp³-hybridized carbons (Fsp3) is 0.560. The molecule has 180 valence electrons. The number of halogens is 1. The van der Waals surface area contributed by atoms with Crippen LogP contribution in [0.3, 0.4) is 0 Å². The predicted octanol–water partition coefficient (Wildman–Crippen LogP) is 3.10. The first-order valence-corrected chi connectivity index (χ1v) is 11.8. The maximum Gasteiger partial charge on any atom is 0.233 e. The Morgan fingerprint density at radius 2 is 1.70 bits per heavy atom. The highest BCUT2D eigenvalue weighted by atomic mass is 127. The molecule has 3 aliphatic rings. The number of para-hydroxylation sites is 1. The van der Waals surface area contributed by atoms with Crippen molar-refractivity contribution in [1.82, 2.24) is 15.5 Å². The summed E-state index contributed by atoms with van der Waals surface area (Å²) in [7, 11) is 1.75. The molecule has 2 fully saturated rings. The second-order valence-corrected chi connectivity index (χ2v) is 9.42. The number of imide groups is 1. The molecule has 2 amide bonds. The van der Waals surface area contributed by atoms with E-state index < -0.39 is 0 Å². The van der Waals surface area contributed by atoms with Gasteiger partial charge in [0.1, 0.15) is 0 Å². The number of likely N-dealkylation sites (tertiary alicyclic amines) is 1. The maximum atomic E-state index is 12.8. The summed E-state index contributed by atoms with van der Waals surface area (Å²) < 4.78 is 0. The molecule has 7 nitrogen and oxygen atoms in total. The smallest absolute Gasteiger partial charge is 0.233 e. The summed E-state index contributed by atoms with van der Waals surface area (Å²) in [5.74, 6) is 1.56. The third kappa shape index (κ3) is 5.53. The zero-order chi connectivity index (χ0) is 22.7. The molecule has 5 unspecified atom stereocenters. The Morgan fingerprint density at radius 3 is 2.27 bits per heavy atom. The van der Waals surface area contributed by atoms with Crippen molar-refractivity contribution < 1.29 is 9.59 Å². The number of anilines is 1. The number of aliphatic imine (C=N–C) groups is 1. The molecule has 2 bridgehead atoms. The summed E-state index contributed by atoms with van der Waals surface area (Å²) >= 11 is 0. The van der Waals surface area contributed by atoms with Crippen molar-refractivity contribution in [3.63, 3.8) is 0 Å². The van der Waals surface area contributed by atoms with E-state index in [-0.39, 0.29) is 65.5 Å². The van der Waals surface area contributed by atoms with E-state index in [9.17, 15) is 9.59 Å². The lowest BCUT2D eigenvalue weighted by Crippen LogP contribution is -2.45. The molecule has 1 saturated heterocycles. The molecular formula is C25H36IN5O2. The van der Waals surface area contributed by atoms with E-state index in [1.807, 2.05) is 18.2 Å². The van der Waals surface area contributed by atoms with E-state index in [1.54, 1.807) is 7.05 Å². The number of carbonyl (C=O) groups is 2. The molecule has 33 heavy (non-hydrogen) atoms. The van der Waals surface area contributed by atoms with Crippen molar-refractivity contribution in [1.29, 1.82) is 0 Å². The SMILES string of the molecule is CN=C(NCCCN1C(=O)C2C3C=CC(C3)C2C1=O)NCC(Nc1ccccc1)C(C)C.I. The van der Waals surface area contributed by atoms with Gasteiger partial charge >= 0.3 is 0 Å². The Kier molecular flexibility index (Phi) is 8.78. The van der Waals surface area contributed by atoms with Gasteiger partial charge in [-0.25, -0.2) is 0 Å². The van der Waals surface area contributed by atoms with Gasteiger partial charge in [-0.15, -0.1) is 24.0 Å². The topological polar surface area (TPSA) is 85.8 Å². The van der Waals surface area contributed by atoms with Crippen molar-refractivity contribution in [2.45, 2.75) is 32.7 Å². The van der Waals surface area contributed by atoms with E-state index in [4.69, 9.17) is 0 Å². The van der Waals surface area contributed by atoms with Crippen LogP contribution in [0.4, 0.5) is 5.69 Å². The van der Waals surface area contributed by atoms with Crippen LogP contribution in [0.2, 0.25) is 0 Å². The fourth-order valence-electron chi connectivity index (χ4n) is 5.26. The van der Waals surface area contributed by atoms with Gasteiger partial charge in [0.15, 0.2) is 5.96 Å². The third-order valence-corrected chi connectivity index (χ3v) is 7.06. The molecule has 0 spiro atoms. The highest BCUT2D eigenvalue weighted by Crippen LogP contribution is 2.52. The Labute approximate surface area is 213 Å². The van der Waals surface area contributed by atoms with Gasteiger partial charge in [-0.3, -0.25) is 19.5 Å². The van der Waals surface area contributed by atoms with Crippen molar-refractivity contribution in [2.75, 3.05) is 32.0 Å². The predicted molar refractivity (Wildman–Crippen MR) is 143 cm³/mol. The van der Waals surface area contributed by atoms with Crippen LogP contribution in [0.1, 0.15) is 26.7 Å². The van der Waals surface area contributed by atoms with Crippen LogP contribution >= 0.6 is 24.0 Å². The van der Waals surface area contributed by atoms with Gasteiger partial charge in [-0.05, 0) is 42.7 Å². The molecule has 3 N–H and O–H groups in total. The van der Waals surface area contributed by atoms with Gasteiger partial charge in [0.2, 0.25) is 11.8 Å². The zero-order valence-electron chi connectivity index (χ0n) is 19.7. The number of amides is 2. The molecule has 0 radical (unpaired) electrons. The number of rotatable bonds is 9. The molecule has 1 aliphatic heterocycles. The van der Waals surface area contributed by atoms with Crippen molar-refractivity contribution in [3.8, 4) is 0 Å². The maximum absolute atomic E-state index is 12.8. The molecule has 5 atom stereocenters. The van der Waals surface area contributed by atoms with Gasteiger partial charge in [0, 0.05) is 38.4 Å². The van der Waals surface area contributed by atoms with Crippen molar-refractivity contribution in [2.24, 2.45) is 34.6 Å². The number of fused-ring (bicyclic) bond motifs is 5. The van der Waals surface area contributed by atoms with Gasteiger partial charge in [0.25, 0.3) is 0 Å². The summed E-state index contributed by atoms with van der Waals surface area (Å²) in [6, 6.07) is 10.4. The fourth-order valence-corrected chi connectivity index (χ4v) is 5.26. The first-order chi connectivity index (χ1) is 15.5. The van der Waals surface area contributed by atoms with Gasteiger partial charge in [-0.1, -0.05) is 44.2 Å². The summed E-state index contributed by atoms with van der Waals surface area (Å²) in [6.07, 6.45) is 5.95. The number of nitrogens with one attached hydrogen (secondary N) is 3. The van der Waals surface area contributed by atoms with Crippen LogP contribution in [0.5, 0.6) is 0 Å². The van der Waals surface area contributed by atoms with Gasteiger partial charge in [-0.2, -0.15) is 0 Å². The standard InChI is InChI=1S/C25H35N5O2.HI/c1-16(2)20(29-19-8-5-4-6-9-19)15-28-25(26-3)27-12-7-13-30-23(31)21-17-10-11-18(14-17)22(21)24(30)32;/h4-6,8-11,16-18,20-22,29H,7,12-15H2,1-3H3,(H2,26,27,28);1H. The van der Waals surface area contributed by atoms with Crippen LogP contribution < -0.4 is 16.0 Å². The molecule has 4 rings (SSSR count). The van der Waals surface area contributed by atoms with Crippen LogP contribution in [-0.4, -0.2) is 55.4 Å². The second-order valence-electron chi connectivity index (χ2n) is 9.42. The molecule has 0 aromatic heterocycles. The van der Waals surface area contributed by atoms with Gasteiger partial charge < -0.3 is 16.0 Å². The van der Waals surface area contributed by atoms with Crippen LogP contribution in [0, 0.1) is 29.6 Å². The van der Waals surface area contributed by atoms with Crippen molar-refractivity contribution >= 4 is 47.4 Å². The Bertz CT molecular complexity index is 858. The average Bonchev–Trinajstić information content (AvgIpc) is 3.47. The minimum Gasteiger partial charge on any atom is -0.380 e. The minimum absolute atomic E-state index is 0. The molecule has 1 aromatic carbocycles. The number of hydrogen-bond acceptors (Lipinski definition) is 4. The number of benzene rings is 1. The Morgan fingerprint density at radius 1 is 1.06 bits per heavy atom. The zero-order valence-corrected chi connectivity index (χ0v) is 22.0. The van der Waals surface area contributed by atoms with E-state index in [0.717, 1.165) is 24.6 Å². The monoisotopic (exact) mass is 565 g/mol. The lowest BCUT2D eigenvalue weighted by Gasteiger charge is -2.25. The molecular weight excluding hydrogens is 529 g/mol. The minimum atomic E-state index is -0.107. The average molecular weight is 566 g/mol. The lowest BCUT2D eigenvalue weighted by atomic mass is 9.85. The third-order valence-electron chi connectivity index (χ3n) is 7.06. The highest BCUT2D eigenvalue weighted by molar-refractivity contribution is 14.0. The summed E-state index contributed by atoms with van der Waals surface area (Å²) in [5, 5.41) is 10.3.